The Labute approximate surface area is 135 Å². The first-order valence-electron chi connectivity index (χ1n) is 6.59. The zero-order chi connectivity index (χ0) is 16.2. The van der Waals surface area contributed by atoms with E-state index < -0.39 is 10.9 Å². The molecule has 0 spiro atoms. The summed E-state index contributed by atoms with van der Waals surface area (Å²) in [6.07, 6.45) is 4.95. The highest BCUT2D eigenvalue weighted by molar-refractivity contribution is 7.08. The van der Waals surface area contributed by atoms with Gasteiger partial charge in [-0.2, -0.15) is 11.3 Å². The van der Waals surface area contributed by atoms with Crippen LogP contribution >= 0.6 is 11.3 Å². The maximum atomic E-state index is 11.8. The van der Waals surface area contributed by atoms with E-state index in [4.69, 9.17) is 4.74 Å². The molecule has 1 aliphatic heterocycles. The molecule has 0 saturated heterocycles. The standard InChI is InChI=1S/C16H10N2O4S/c19-16-14(9-11-1-4-13(5-2-11)18(20)21)17-15(22-16)6-3-12-7-8-23-10-12/h1-10H. The van der Waals surface area contributed by atoms with Crippen LogP contribution in [-0.4, -0.2) is 16.8 Å². The van der Waals surface area contributed by atoms with Crippen LogP contribution in [0.2, 0.25) is 0 Å². The fourth-order valence-electron chi connectivity index (χ4n) is 1.88. The van der Waals surface area contributed by atoms with Gasteiger partial charge in [0.25, 0.3) is 5.69 Å². The number of non-ortho nitro benzene ring substituents is 1. The van der Waals surface area contributed by atoms with E-state index >= 15 is 0 Å². The van der Waals surface area contributed by atoms with Crippen LogP contribution < -0.4 is 0 Å². The highest BCUT2D eigenvalue weighted by Gasteiger charge is 2.21. The fraction of sp³-hybridized carbons (Fsp3) is 0. The van der Waals surface area contributed by atoms with E-state index in [1.807, 2.05) is 16.8 Å². The Morgan fingerprint density at radius 1 is 1.13 bits per heavy atom. The van der Waals surface area contributed by atoms with Crippen molar-refractivity contribution in [1.29, 1.82) is 0 Å². The number of ether oxygens (including phenoxy) is 1. The maximum Gasteiger partial charge on any atom is 0.363 e. The zero-order valence-corrected chi connectivity index (χ0v) is 12.5. The molecule has 0 amide bonds. The van der Waals surface area contributed by atoms with Gasteiger partial charge in [0.05, 0.1) is 4.92 Å². The van der Waals surface area contributed by atoms with E-state index in [0.717, 1.165) is 5.56 Å². The Bertz CT molecular complexity index is 833. The molecule has 1 aliphatic rings. The van der Waals surface area contributed by atoms with Gasteiger partial charge in [0.1, 0.15) is 0 Å². The lowest BCUT2D eigenvalue weighted by Crippen LogP contribution is -2.01. The number of carbonyl (C=O) groups is 1. The Kier molecular flexibility index (Phi) is 4.11. The van der Waals surface area contributed by atoms with Gasteiger partial charge in [-0.15, -0.1) is 0 Å². The molecule has 0 bridgehead atoms. The summed E-state index contributed by atoms with van der Waals surface area (Å²) in [4.78, 5) is 26.0. The van der Waals surface area contributed by atoms with Crippen LogP contribution in [0.3, 0.4) is 0 Å². The van der Waals surface area contributed by atoms with Crippen molar-refractivity contribution in [2.45, 2.75) is 0 Å². The van der Waals surface area contributed by atoms with Gasteiger partial charge < -0.3 is 4.74 Å². The molecule has 0 atom stereocenters. The highest BCUT2D eigenvalue weighted by Crippen LogP contribution is 2.19. The van der Waals surface area contributed by atoms with Crippen LogP contribution in [0.1, 0.15) is 11.1 Å². The van der Waals surface area contributed by atoms with Crippen LogP contribution in [0.4, 0.5) is 5.69 Å². The second-order valence-electron chi connectivity index (χ2n) is 4.61. The predicted octanol–water partition coefficient (Wildman–Crippen LogP) is 3.67. The van der Waals surface area contributed by atoms with Gasteiger partial charge in [0.2, 0.25) is 5.90 Å². The number of aliphatic imine (C=N–C) groups is 1. The largest absolute Gasteiger partial charge is 0.403 e. The van der Waals surface area contributed by atoms with Crippen molar-refractivity contribution < 1.29 is 14.5 Å². The topological polar surface area (TPSA) is 81.8 Å². The van der Waals surface area contributed by atoms with Crippen molar-refractivity contribution in [3.8, 4) is 0 Å². The van der Waals surface area contributed by atoms with E-state index in [2.05, 4.69) is 4.99 Å². The summed E-state index contributed by atoms with van der Waals surface area (Å²) in [6, 6.07) is 7.77. The van der Waals surface area contributed by atoms with E-state index in [9.17, 15) is 14.9 Å². The highest BCUT2D eigenvalue weighted by atomic mass is 32.1. The van der Waals surface area contributed by atoms with Gasteiger partial charge in [-0.05, 0) is 52.2 Å². The van der Waals surface area contributed by atoms with Crippen molar-refractivity contribution in [3.05, 3.63) is 74.1 Å². The van der Waals surface area contributed by atoms with E-state index in [-0.39, 0.29) is 17.3 Å². The second-order valence-corrected chi connectivity index (χ2v) is 5.39. The number of carbonyl (C=O) groups excluding carboxylic acids is 1. The number of hydrogen-bond acceptors (Lipinski definition) is 6. The predicted molar refractivity (Wildman–Crippen MR) is 88.0 cm³/mol. The number of esters is 1. The number of thiophene rings is 1. The Morgan fingerprint density at radius 2 is 1.91 bits per heavy atom. The Hall–Kier alpha value is -3.06. The van der Waals surface area contributed by atoms with Gasteiger partial charge >= 0.3 is 5.97 Å². The minimum Gasteiger partial charge on any atom is -0.403 e. The molecule has 2 aromatic rings. The van der Waals surface area contributed by atoms with Crippen molar-refractivity contribution in [2.24, 2.45) is 4.99 Å². The van der Waals surface area contributed by atoms with E-state index in [1.165, 1.54) is 18.2 Å². The van der Waals surface area contributed by atoms with Gasteiger partial charge in [0.15, 0.2) is 5.70 Å². The summed E-state index contributed by atoms with van der Waals surface area (Å²) in [6.45, 7) is 0. The van der Waals surface area contributed by atoms with Crippen LogP contribution in [0.15, 0.2) is 57.9 Å². The van der Waals surface area contributed by atoms with E-state index in [1.54, 1.807) is 35.6 Å². The minimum absolute atomic E-state index is 0.0102. The third-order valence-corrected chi connectivity index (χ3v) is 3.71. The summed E-state index contributed by atoms with van der Waals surface area (Å²) >= 11 is 1.57. The van der Waals surface area contributed by atoms with Crippen LogP contribution in [-0.2, 0) is 9.53 Å². The average molecular weight is 326 g/mol. The number of nitro benzene ring substituents is 1. The van der Waals surface area contributed by atoms with E-state index in [0.29, 0.717) is 5.56 Å². The molecule has 3 rings (SSSR count). The van der Waals surface area contributed by atoms with Gasteiger partial charge in [0, 0.05) is 18.2 Å². The summed E-state index contributed by atoms with van der Waals surface area (Å²) < 4.78 is 5.06. The average Bonchev–Trinajstić information content (AvgIpc) is 3.16. The molecule has 23 heavy (non-hydrogen) atoms. The Morgan fingerprint density at radius 3 is 2.57 bits per heavy atom. The van der Waals surface area contributed by atoms with Gasteiger partial charge in [-0.25, -0.2) is 9.79 Å². The number of cyclic esters (lactones) is 1. The SMILES string of the molecule is O=C1OC(C=Cc2ccsc2)=NC1=Cc1ccc([N+](=O)[O-])cc1. The summed E-state index contributed by atoms with van der Waals surface area (Å²) in [5.41, 5.74) is 1.78. The molecule has 7 heteroatoms. The number of benzene rings is 1. The summed E-state index contributed by atoms with van der Waals surface area (Å²) in [5, 5.41) is 14.5. The van der Waals surface area contributed by atoms with Crippen molar-refractivity contribution in [2.75, 3.05) is 0 Å². The van der Waals surface area contributed by atoms with Crippen LogP contribution in [0, 0.1) is 10.1 Å². The monoisotopic (exact) mass is 326 g/mol. The van der Waals surface area contributed by atoms with Gasteiger partial charge in [-0.1, -0.05) is 0 Å². The lowest BCUT2D eigenvalue weighted by molar-refractivity contribution is -0.384. The quantitative estimate of drug-likeness (QED) is 0.371. The molecule has 114 valence electrons. The van der Waals surface area contributed by atoms with Crippen LogP contribution in [0.5, 0.6) is 0 Å². The van der Waals surface area contributed by atoms with Crippen molar-refractivity contribution in [1.82, 2.24) is 0 Å². The van der Waals surface area contributed by atoms with Gasteiger partial charge in [-0.3, -0.25) is 10.1 Å². The van der Waals surface area contributed by atoms with Crippen LogP contribution in [0.25, 0.3) is 12.2 Å². The zero-order valence-electron chi connectivity index (χ0n) is 11.7. The Balaban J connectivity index is 1.79. The first-order chi connectivity index (χ1) is 11.1. The molecule has 0 radical (unpaired) electrons. The summed E-state index contributed by atoms with van der Waals surface area (Å²) in [5.74, 6) is -0.331. The molecule has 0 N–H and O–H groups in total. The molecule has 6 nitrogen and oxygen atoms in total. The lowest BCUT2D eigenvalue weighted by Gasteiger charge is -1.94. The number of nitro groups is 1. The molecular formula is C16H10N2O4S. The molecule has 0 fully saturated rings. The summed E-state index contributed by atoms with van der Waals surface area (Å²) in [7, 11) is 0. The third kappa shape index (κ3) is 3.58. The number of hydrogen-bond donors (Lipinski definition) is 0. The molecule has 2 heterocycles. The molecule has 1 aromatic carbocycles. The smallest absolute Gasteiger partial charge is 0.363 e. The third-order valence-electron chi connectivity index (χ3n) is 3.01. The number of nitrogens with zero attached hydrogens (tertiary/aromatic N) is 2. The first kappa shape index (κ1) is 14.9. The minimum atomic E-state index is -0.548. The second kappa shape index (κ2) is 6.37. The van der Waals surface area contributed by atoms with Crippen molar-refractivity contribution in [3.63, 3.8) is 0 Å². The number of rotatable bonds is 4. The molecular weight excluding hydrogens is 316 g/mol. The first-order valence-corrected chi connectivity index (χ1v) is 7.53. The molecule has 0 aliphatic carbocycles. The normalized spacial score (nSPS) is 15.9. The maximum absolute atomic E-state index is 11.8. The van der Waals surface area contributed by atoms with Crippen molar-refractivity contribution >= 4 is 41.0 Å². The lowest BCUT2D eigenvalue weighted by atomic mass is 10.2. The molecule has 1 aromatic heterocycles. The fourth-order valence-corrected chi connectivity index (χ4v) is 2.51. The molecule has 0 unspecified atom stereocenters. The molecule has 0 saturated carbocycles.